The third-order valence-corrected chi connectivity index (χ3v) is 5.04. The summed E-state index contributed by atoms with van der Waals surface area (Å²) >= 11 is 0. The zero-order valence-corrected chi connectivity index (χ0v) is 11.3. The molecule has 4 heteroatoms. The van der Waals surface area contributed by atoms with Gasteiger partial charge in [0.1, 0.15) is 5.82 Å². The van der Waals surface area contributed by atoms with Crippen LogP contribution in [0.1, 0.15) is 75.9 Å². The van der Waals surface area contributed by atoms with Crippen LogP contribution in [0.25, 0.3) is 0 Å². The highest BCUT2D eigenvalue weighted by atomic mass is 15.2. The molecule has 18 heavy (non-hydrogen) atoms. The Morgan fingerprint density at radius 3 is 2.61 bits per heavy atom. The lowest BCUT2D eigenvalue weighted by molar-refractivity contribution is 0.402. The van der Waals surface area contributed by atoms with E-state index in [1.165, 1.54) is 38.5 Å². The van der Waals surface area contributed by atoms with Gasteiger partial charge in [-0.1, -0.05) is 32.6 Å². The second kappa shape index (κ2) is 4.65. The van der Waals surface area contributed by atoms with E-state index in [1.807, 2.05) is 0 Å². The van der Waals surface area contributed by atoms with Crippen molar-refractivity contribution in [2.75, 3.05) is 0 Å². The van der Waals surface area contributed by atoms with Crippen LogP contribution in [0.4, 0.5) is 0 Å². The Labute approximate surface area is 109 Å². The molecular formula is C14H24N4. The number of H-pyrrole nitrogens is 1. The molecule has 0 bridgehead atoms. The highest BCUT2D eigenvalue weighted by molar-refractivity contribution is 5.15. The Balaban J connectivity index is 1.80. The summed E-state index contributed by atoms with van der Waals surface area (Å²) in [7, 11) is 0. The average Bonchev–Trinajstić information content (AvgIpc) is 3.00. The van der Waals surface area contributed by atoms with E-state index >= 15 is 0 Å². The number of rotatable bonds is 2. The van der Waals surface area contributed by atoms with Crippen molar-refractivity contribution in [1.29, 1.82) is 0 Å². The van der Waals surface area contributed by atoms with Crippen LogP contribution < -0.4 is 5.73 Å². The van der Waals surface area contributed by atoms with E-state index in [0.717, 1.165) is 24.5 Å². The maximum atomic E-state index is 6.24. The van der Waals surface area contributed by atoms with Crippen LogP contribution >= 0.6 is 0 Å². The zero-order valence-electron chi connectivity index (χ0n) is 11.3. The molecule has 0 radical (unpaired) electrons. The number of nitrogens with two attached hydrogens (primary N) is 1. The Bertz CT molecular complexity index is 408. The van der Waals surface area contributed by atoms with E-state index in [2.05, 4.69) is 17.1 Å². The van der Waals surface area contributed by atoms with Crippen LogP contribution in [-0.2, 0) is 5.41 Å². The van der Waals surface area contributed by atoms with Crippen LogP contribution in [0.2, 0.25) is 0 Å². The first-order chi connectivity index (χ1) is 8.70. The third-order valence-electron chi connectivity index (χ3n) is 5.04. The van der Waals surface area contributed by atoms with Crippen molar-refractivity contribution in [3.05, 3.63) is 11.6 Å². The molecule has 2 unspecified atom stereocenters. The predicted molar refractivity (Wildman–Crippen MR) is 71.4 cm³/mol. The van der Waals surface area contributed by atoms with Crippen LogP contribution in [0.15, 0.2) is 0 Å². The van der Waals surface area contributed by atoms with E-state index < -0.39 is 0 Å². The molecule has 2 aliphatic carbocycles. The summed E-state index contributed by atoms with van der Waals surface area (Å²) < 4.78 is 0. The topological polar surface area (TPSA) is 67.6 Å². The molecule has 0 aliphatic heterocycles. The number of aromatic nitrogens is 3. The van der Waals surface area contributed by atoms with Gasteiger partial charge < -0.3 is 5.73 Å². The second-order valence-electron chi connectivity index (χ2n) is 6.30. The first-order valence-corrected chi connectivity index (χ1v) is 7.38. The van der Waals surface area contributed by atoms with E-state index in [-0.39, 0.29) is 11.5 Å². The van der Waals surface area contributed by atoms with E-state index in [4.69, 9.17) is 10.7 Å². The summed E-state index contributed by atoms with van der Waals surface area (Å²) in [6.07, 6.45) is 9.98. The fraction of sp³-hybridized carbons (Fsp3) is 0.857. The summed E-state index contributed by atoms with van der Waals surface area (Å²) in [6.45, 7) is 2.22. The Kier molecular flexibility index (Phi) is 3.14. The summed E-state index contributed by atoms with van der Waals surface area (Å²) in [5, 5.41) is 7.66. The van der Waals surface area contributed by atoms with E-state index in [9.17, 15) is 0 Å². The van der Waals surface area contributed by atoms with Crippen molar-refractivity contribution >= 4 is 0 Å². The number of hydrogen-bond acceptors (Lipinski definition) is 3. The summed E-state index contributed by atoms with van der Waals surface area (Å²) in [5.74, 6) is 2.65. The predicted octanol–water partition coefficient (Wildman–Crippen LogP) is 2.62. The minimum absolute atomic E-state index is 0.0105. The van der Waals surface area contributed by atoms with Crippen LogP contribution in [0, 0.1) is 0 Å². The van der Waals surface area contributed by atoms with Crippen molar-refractivity contribution in [2.45, 2.75) is 75.7 Å². The fourth-order valence-corrected chi connectivity index (χ4v) is 3.56. The Morgan fingerprint density at radius 2 is 1.94 bits per heavy atom. The van der Waals surface area contributed by atoms with Gasteiger partial charge in [-0.3, -0.25) is 5.10 Å². The molecule has 2 saturated carbocycles. The monoisotopic (exact) mass is 248 g/mol. The highest BCUT2D eigenvalue weighted by Gasteiger charge is 2.41. The molecule has 0 aromatic carbocycles. The van der Waals surface area contributed by atoms with Crippen molar-refractivity contribution in [3.63, 3.8) is 0 Å². The molecule has 0 saturated heterocycles. The molecule has 3 N–H and O–H groups in total. The molecule has 1 aromatic rings. The van der Waals surface area contributed by atoms with E-state index in [1.54, 1.807) is 0 Å². The molecule has 4 nitrogen and oxygen atoms in total. The Hall–Kier alpha value is -0.900. The molecule has 100 valence electrons. The van der Waals surface area contributed by atoms with Gasteiger partial charge in [-0.25, -0.2) is 4.98 Å². The quantitative estimate of drug-likeness (QED) is 0.845. The molecule has 0 amide bonds. The van der Waals surface area contributed by atoms with Crippen LogP contribution in [0.5, 0.6) is 0 Å². The third kappa shape index (κ3) is 1.96. The van der Waals surface area contributed by atoms with Crippen molar-refractivity contribution < 1.29 is 0 Å². The summed E-state index contributed by atoms with van der Waals surface area (Å²) in [4.78, 5) is 4.79. The first-order valence-electron chi connectivity index (χ1n) is 7.38. The molecule has 2 aliphatic rings. The van der Waals surface area contributed by atoms with Gasteiger partial charge in [0.15, 0.2) is 5.82 Å². The van der Waals surface area contributed by atoms with Gasteiger partial charge in [-0.2, -0.15) is 5.10 Å². The number of nitrogens with zero attached hydrogens (tertiary/aromatic N) is 2. The largest absolute Gasteiger partial charge is 0.327 e. The van der Waals surface area contributed by atoms with Crippen LogP contribution in [-0.4, -0.2) is 21.2 Å². The van der Waals surface area contributed by atoms with Gasteiger partial charge >= 0.3 is 0 Å². The van der Waals surface area contributed by atoms with Gasteiger partial charge in [0, 0.05) is 17.4 Å². The number of aromatic amines is 1. The maximum Gasteiger partial charge on any atom is 0.158 e. The summed E-state index contributed by atoms with van der Waals surface area (Å²) in [5.41, 5.74) is 6.23. The minimum atomic E-state index is -0.0105. The van der Waals surface area contributed by atoms with E-state index in [0.29, 0.717) is 5.92 Å². The first kappa shape index (κ1) is 12.2. The van der Waals surface area contributed by atoms with Gasteiger partial charge in [0.2, 0.25) is 0 Å². The number of hydrogen-bond donors (Lipinski definition) is 2. The zero-order chi connectivity index (χ0) is 12.6. The lowest BCUT2D eigenvalue weighted by Crippen LogP contribution is -2.39. The molecule has 2 atom stereocenters. The fourth-order valence-electron chi connectivity index (χ4n) is 3.56. The highest BCUT2D eigenvalue weighted by Crippen LogP contribution is 2.39. The smallest absolute Gasteiger partial charge is 0.158 e. The molecule has 3 rings (SSSR count). The van der Waals surface area contributed by atoms with Gasteiger partial charge in [-0.05, 0) is 25.7 Å². The maximum absolute atomic E-state index is 6.24. The van der Waals surface area contributed by atoms with Crippen molar-refractivity contribution in [1.82, 2.24) is 15.2 Å². The normalized spacial score (nSPS) is 34.0. The van der Waals surface area contributed by atoms with Crippen molar-refractivity contribution in [2.24, 2.45) is 5.73 Å². The van der Waals surface area contributed by atoms with Crippen molar-refractivity contribution in [3.8, 4) is 0 Å². The number of nitrogens with one attached hydrogen (secondary N) is 1. The van der Waals surface area contributed by atoms with Gasteiger partial charge in [0.05, 0.1) is 0 Å². The SMILES string of the molecule is CC1(c2n[nH]c(C3CCCCC3)n2)CCCC1N. The van der Waals surface area contributed by atoms with Crippen LogP contribution in [0.3, 0.4) is 0 Å². The second-order valence-corrected chi connectivity index (χ2v) is 6.30. The summed E-state index contributed by atoms with van der Waals surface area (Å²) in [6, 6.07) is 0.215. The van der Waals surface area contributed by atoms with Gasteiger partial charge in [0.25, 0.3) is 0 Å². The lowest BCUT2D eigenvalue weighted by atomic mass is 9.84. The Morgan fingerprint density at radius 1 is 1.17 bits per heavy atom. The molecule has 1 aromatic heterocycles. The minimum Gasteiger partial charge on any atom is -0.327 e. The standard InChI is InChI=1S/C14H24N4/c1-14(9-5-8-11(14)15)13-16-12(17-18-13)10-6-3-2-4-7-10/h10-11H,2-9,15H2,1H3,(H,16,17,18). The average molecular weight is 248 g/mol. The molecule has 2 fully saturated rings. The lowest BCUT2D eigenvalue weighted by Gasteiger charge is -2.25. The molecule has 0 spiro atoms. The molecule has 1 heterocycles. The van der Waals surface area contributed by atoms with Gasteiger partial charge in [-0.15, -0.1) is 0 Å². The molecular weight excluding hydrogens is 224 g/mol.